The summed E-state index contributed by atoms with van der Waals surface area (Å²) >= 11 is 1.04. The van der Waals surface area contributed by atoms with Gasteiger partial charge in [0.1, 0.15) is 10.6 Å². The van der Waals surface area contributed by atoms with Crippen LogP contribution in [-0.2, 0) is 9.53 Å². The topological polar surface area (TPSA) is 133 Å². The molecule has 0 spiro atoms. The van der Waals surface area contributed by atoms with Gasteiger partial charge >= 0.3 is 0 Å². The minimum Gasteiger partial charge on any atom is -0.438 e. The number of aromatic nitrogens is 5. The fourth-order valence-electron chi connectivity index (χ4n) is 3.55. The lowest BCUT2D eigenvalue weighted by Crippen LogP contribution is -2.28. The third-order valence-electron chi connectivity index (χ3n) is 5.31. The van der Waals surface area contributed by atoms with Crippen LogP contribution in [0.25, 0.3) is 5.65 Å². The molecule has 0 aliphatic carbocycles. The number of imidazole rings is 1. The molecule has 174 valence electrons. The number of aryl methyl sites for hydroxylation is 1. The van der Waals surface area contributed by atoms with E-state index >= 15 is 0 Å². The van der Waals surface area contributed by atoms with E-state index in [1.54, 1.807) is 54.0 Å². The number of nitrogens with zero attached hydrogens (tertiary/aromatic N) is 5. The second kappa shape index (κ2) is 9.53. The highest BCUT2D eigenvalue weighted by molar-refractivity contribution is 7.08. The van der Waals surface area contributed by atoms with Gasteiger partial charge < -0.3 is 20.1 Å². The molecule has 11 nitrogen and oxygen atoms in total. The number of nitrogens with one attached hydrogen (secondary N) is 2. The van der Waals surface area contributed by atoms with Gasteiger partial charge in [-0.05, 0) is 49.5 Å². The number of carbonyl (C=O) groups excluding carboxylic acids is 2. The Morgan fingerprint density at radius 3 is 2.82 bits per heavy atom. The molecule has 2 N–H and O–H groups in total. The van der Waals surface area contributed by atoms with Gasteiger partial charge in [-0.1, -0.05) is 10.6 Å². The molecule has 0 radical (unpaired) electrons. The third kappa shape index (κ3) is 4.87. The zero-order valence-corrected chi connectivity index (χ0v) is 19.0. The van der Waals surface area contributed by atoms with Gasteiger partial charge in [-0.3, -0.25) is 9.59 Å². The van der Waals surface area contributed by atoms with E-state index in [0.717, 1.165) is 11.5 Å². The lowest BCUT2D eigenvalue weighted by atomic mass is 10.00. The number of fused-ring (bicyclic) bond motifs is 1. The fraction of sp³-hybridized carbons (Fsp3) is 0.273. The molecule has 0 atom stereocenters. The van der Waals surface area contributed by atoms with Crippen molar-refractivity contribution in [2.75, 3.05) is 23.8 Å². The van der Waals surface area contributed by atoms with Crippen molar-refractivity contribution in [2.24, 2.45) is 5.92 Å². The Bertz CT molecular complexity index is 1350. The lowest BCUT2D eigenvalue weighted by Gasteiger charge is -2.20. The van der Waals surface area contributed by atoms with E-state index in [-0.39, 0.29) is 17.7 Å². The number of hydrogen-bond acceptors (Lipinski definition) is 9. The number of ether oxygens (including phenoxy) is 2. The zero-order valence-electron chi connectivity index (χ0n) is 18.2. The molecule has 1 saturated heterocycles. The highest BCUT2D eigenvalue weighted by atomic mass is 32.1. The molecule has 1 aromatic carbocycles. The van der Waals surface area contributed by atoms with Crippen LogP contribution in [0.2, 0.25) is 0 Å². The van der Waals surface area contributed by atoms with Gasteiger partial charge in [-0.25, -0.2) is 9.50 Å². The van der Waals surface area contributed by atoms with Crippen molar-refractivity contribution in [3.63, 3.8) is 0 Å². The predicted octanol–water partition coefficient (Wildman–Crippen LogP) is 3.30. The summed E-state index contributed by atoms with van der Waals surface area (Å²) in [5, 5.41) is 13.9. The molecule has 4 aromatic rings. The summed E-state index contributed by atoms with van der Waals surface area (Å²) in [6.07, 6.45) is 3.05. The molecule has 1 aliphatic rings. The first kappa shape index (κ1) is 21.9. The number of benzene rings is 1. The van der Waals surface area contributed by atoms with Crippen molar-refractivity contribution >= 4 is 40.5 Å². The summed E-state index contributed by atoms with van der Waals surface area (Å²) in [5.74, 6) is 0.840. The first-order valence-corrected chi connectivity index (χ1v) is 11.5. The van der Waals surface area contributed by atoms with Crippen molar-refractivity contribution in [1.82, 2.24) is 24.2 Å². The number of rotatable bonds is 6. The maximum atomic E-state index is 12.5. The molecule has 4 heterocycles. The van der Waals surface area contributed by atoms with Crippen LogP contribution in [0.1, 0.15) is 28.2 Å². The molecule has 12 heteroatoms. The van der Waals surface area contributed by atoms with E-state index in [2.05, 4.69) is 30.3 Å². The zero-order chi connectivity index (χ0) is 23.5. The van der Waals surface area contributed by atoms with Crippen LogP contribution in [0.5, 0.6) is 11.6 Å². The first-order valence-electron chi connectivity index (χ1n) is 10.7. The molecular weight excluding hydrogens is 458 g/mol. The van der Waals surface area contributed by atoms with Gasteiger partial charge in [0, 0.05) is 37.0 Å². The Kier molecular flexibility index (Phi) is 6.14. The smallest absolute Gasteiger partial charge is 0.269 e. The largest absolute Gasteiger partial charge is 0.438 e. The molecule has 1 fully saturated rings. The van der Waals surface area contributed by atoms with Gasteiger partial charge in [-0.15, -0.1) is 10.2 Å². The van der Waals surface area contributed by atoms with E-state index in [4.69, 9.17) is 9.47 Å². The fourth-order valence-corrected chi connectivity index (χ4v) is 4.10. The van der Waals surface area contributed by atoms with Crippen LogP contribution in [0.3, 0.4) is 0 Å². The van der Waals surface area contributed by atoms with Crippen LogP contribution >= 0.6 is 11.5 Å². The van der Waals surface area contributed by atoms with Crippen LogP contribution in [-0.4, -0.2) is 49.2 Å². The van der Waals surface area contributed by atoms with Crippen LogP contribution < -0.4 is 15.4 Å². The number of anilines is 2. The lowest BCUT2D eigenvalue weighted by molar-refractivity contribution is -0.122. The van der Waals surface area contributed by atoms with Gasteiger partial charge in [0.15, 0.2) is 11.5 Å². The first-order chi connectivity index (χ1) is 16.5. The molecule has 1 aliphatic heterocycles. The Balaban J connectivity index is 1.26. The SMILES string of the molecule is Cc1nnsc1C(=O)Nc1cccc(Oc2ccc3nc(NC(=O)C4CCOCC4)cn3n2)c1. The minimum absolute atomic E-state index is 0.0636. The number of amides is 2. The summed E-state index contributed by atoms with van der Waals surface area (Å²) in [4.78, 5) is 29.7. The molecule has 0 saturated carbocycles. The van der Waals surface area contributed by atoms with Crippen molar-refractivity contribution in [1.29, 1.82) is 0 Å². The van der Waals surface area contributed by atoms with Crippen LogP contribution in [0, 0.1) is 12.8 Å². The second-order valence-electron chi connectivity index (χ2n) is 7.75. The summed E-state index contributed by atoms with van der Waals surface area (Å²) in [7, 11) is 0. The highest BCUT2D eigenvalue weighted by Gasteiger charge is 2.22. The van der Waals surface area contributed by atoms with Gasteiger partial charge in [0.2, 0.25) is 11.8 Å². The quantitative estimate of drug-likeness (QED) is 0.430. The van der Waals surface area contributed by atoms with Gasteiger partial charge in [0.05, 0.1) is 11.9 Å². The maximum absolute atomic E-state index is 12.5. The Morgan fingerprint density at radius 2 is 2.03 bits per heavy atom. The molecule has 3 aromatic heterocycles. The van der Waals surface area contributed by atoms with Gasteiger partial charge in [0.25, 0.3) is 5.91 Å². The van der Waals surface area contributed by atoms with E-state index in [0.29, 0.717) is 65.4 Å². The predicted molar refractivity (Wildman–Crippen MR) is 124 cm³/mol. The molecule has 34 heavy (non-hydrogen) atoms. The minimum atomic E-state index is -0.280. The standard InChI is InChI=1S/C22H21N7O4S/c1-13-20(34-28-26-13)22(31)23-15-3-2-4-16(11-15)33-19-6-5-18-24-17(12-29(18)27-19)25-21(30)14-7-9-32-10-8-14/h2-6,11-12,14H,7-10H2,1H3,(H,23,31)(H,25,30). The van der Waals surface area contributed by atoms with E-state index in [1.165, 1.54) is 0 Å². The van der Waals surface area contributed by atoms with E-state index < -0.39 is 0 Å². The Morgan fingerprint density at radius 1 is 1.18 bits per heavy atom. The number of hydrogen-bond donors (Lipinski definition) is 2. The van der Waals surface area contributed by atoms with Crippen molar-refractivity contribution in [3.8, 4) is 11.6 Å². The van der Waals surface area contributed by atoms with Crippen molar-refractivity contribution in [2.45, 2.75) is 19.8 Å². The van der Waals surface area contributed by atoms with Gasteiger partial charge in [-0.2, -0.15) is 0 Å². The highest BCUT2D eigenvalue weighted by Crippen LogP contribution is 2.24. The monoisotopic (exact) mass is 479 g/mol. The maximum Gasteiger partial charge on any atom is 0.269 e. The molecule has 2 amide bonds. The van der Waals surface area contributed by atoms with Crippen molar-refractivity contribution < 1.29 is 19.1 Å². The molecule has 5 rings (SSSR count). The third-order valence-corrected chi connectivity index (χ3v) is 6.14. The average Bonchev–Trinajstić information content (AvgIpc) is 3.45. The van der Waals surface area contributed by atoms with Crippen LogP contribution in [0.4, 0.5) is 11.5 Å². The molecule has 0 unspecified atom stereocenters. The number of carbonyl (C=O) groups is 2. The summed E-state index contributed by atoms with van der Waals surface area (Å²) < 4.78 is 16.5. The van der Waals surface area contributed by atoms with E-state index in [1.807, 2.05) is 0 Å². The Labute approximate surface area is 198 Å². The normalized spacial score (nSPS) is 14.1. The summed E-state index contributed by atoms with van der Waals surface area (Å²) in [6, 6.07) is 10.4. The van der Waals surface area contributed by atoms with Crippen LogP contribution in [0.15, 0.2) is 42.6 Å². The van der Waals surface area contributed by atoms with E-state index in [9.17, 15) is 9.59 Å². The molecule has 0 bridgehead atoms. The van der Waals surface area contributed by atoms with Crippen molar-refractivity contribution in [3.05, 3.63) is 53.2 Å². The second-order valence-corrected chi connectivity index (χ2v) is 8.50. The summed E-state index contributed by atoms with van der Waals surface area (Å²) in [5.41, 5.74) is 1.72. The average molecular weight is 480 g/mol. The molecular formula is C22H21N7O4S. The Hall–Kier alpha value is -3.90. The summed E-state index contributed by atoms with van der Waals surface area (Å²) in [6.45, 7) is 2.93.